The zero-order valence-corrected chi connectivity index (χ0v) is 26.9. The molecule has 4 aromatic carbocycles. The van der Waals surface area contributed by atoms with Crippen molar-refractivity contribution >= 4 is 27.5 Å². The average Bonchev–Trinajstić information content (AvgIpc) is 2.99. The van der Waals surface area contributed by atoms with Crippen molar-refractivity contribution in [2.45, 2.75) is 58.5 Å². The van der Waals surface area contributed by atoms with Crippen LogP contribution in [0.2, 0.25) is 0 Å². The lowest BCUT2D eigenvalue weighted by Crippen LogP contribution is -2.53. The van der Waals surface area contributed by atoms with Crippen LogP contribution in [0, 0.1) is 27.7 Å². The minimum absolute atomic E-state index is 0.0894. The summed E-state index contributed by atoms with van der Waals surface area (Å²) in [5.74, 6) is -0.771. The molecule has 4 rings (SSSR count). The smallest absolute Gasteiger partial charge is 0.264 e. The van der Waals surface area contributed by atoms with E-state index in [0.29, 0.717) is 17.8 Å². The maximum absolute atomic E-state index is 14.5. The summed E-state index contributed by atoms with van der Waals surface area (Å²) in [6, 6.07) is 28.6. The molecule has 0 heterocycles. The third-order valence-electron chi connectivity index (χ3n) is 7.58. The first-order valence-corrected chi connectivity index (χ1v) is 16.3. The molecule has 0 saturated heterocycles. The third kappa shape index (κ3) is 7.94. The van der Waals surface area contributed by atoms with Crippen LogP contribution in [0.15, 0.2) is 102 Å². The van der Waals surface area contributed by atoms with Crippen molar-refractivity contribution in [3.8, 4) is 0 Å². The van der Waals surface area contributed by atoms with Gasteiger partial charge in [0, 0.05) is 19.5 Å². The lowest BCUT2D eigenvalue weighted by atomic mass is 10.0. The summed E-state index contributed by atoms with van der Waals surface area (Å²) in [5, 5.41) is 2.90. The summed E-state index contributed by atoms with van der Waals surface area (Å²) >= 11 is 0. The summed E-state index contributed by atoms with van der Waals surface area (Å²) in [6.07, 6.45) is 0.276. The largest absolute Gasteiger partial charge is 0.355 e. The second-order valence-corrected chi connectivity index (χ2v) is 13.1. The van der Waals surface area contributed by atoms with Crippen molar-refractivity contribution in [1.82, 2.24) is 10.2 Å². The number of hydrogen-bond acceptors (Lipinski definition) is 4. The number of aryl methyl sites for hydroxylation is 4. The molecular weight excluding hydrogens is 570 g/mol. The van der Waals surface area contributed by atoms with Crippen molar-refractivity contribution in [2.75, 3.05) is 17.4 Å². The first kappa shape index (κ1) is 32.5. The normalized spacial score (nSPS) is 11.9. The highest BCUT2D eigenvalue weighted by atomic mass is 32.2. The Morgan fingerprint density at radius 2 is 1.39 bits per heavy atom. The number of hydrogen-bond donors (Lipinski definition) is 1. The van der Waals surface area contributed by atoms with E-state index < -0.39 is 28.5 Å². The zero-order chi connectivity index (χ0) is 31.9. The Kier molecular flexibility index (Phi) is 10.6. The minimum Gasteiger partial charge on any atom is -0.355 e. The molecule has 0 fully saturated rings. The fourth-order valence-corrected chi connectivity index (χ4v) is 6.66. The van der Waals surface area contributed by atoms with E-state index in [9.17, 15) is 18.0 Å². The molecule has 2 amide bonds. The highest BCUT2D eigenvalue weighted by molar-refractivity contribution is 7.92. The Bertz CT molecular complexity index is 1700. The van der Waals surface area contributed by atoms with Gasteiger partial charge in [0.25, 0.3) is 10.0 Å². The van der Waals surface area contributed by atoms with Crippen LogP contribution in [0.25, 0.3) is 0 Å². The predicted octanol–water partition coefficient (Wildman–Crippen LogP) is 5.89. The van der Waals surface area contributed by atoms with Crippen LogP contribution in [0.1, 0.15) is 40.3 Å². The maximum atomic E-state index is 14.5. The van der Waals surface area contributed by atoms with Crippen molar-refractivity contribution in [3.63, 3.8) is 0 Å². The molecule has 230 valence electrons. The molecule has 1 N–H and O–H groups in total. The van der Waals surface area contributed by atoms with E-state index in [4.69, 9.17) is 0 Å². The number of amides is 2. The SMILES string of the molecule is CCNC(=O)[C@H](Cc1ccccc1)N(Cc1cccc(C)c1)C(=O)CN(c1cc(C)ccc1C)S(=O)(=O)c1ccc(C)cc1. The van der Waals surface area contributed by atoms with Gasteiger partial charge in [0.15, 0.2) is 0 Å². The van der Waals surface area contributed by atoms with Gasteiger partial charge in [0.1, 0.15) is 12.6 Å². The molecule has 0 bridgehead atoms. The van der Waals surface area contributed by atoms with Gasteiger partial charge in [-0.2, -0.15) is 0 Å². The van der Waals surface area contributed by atoms with Gasteiger partial charge in [0.2, 0.25) is 11.8 Å². The Morgan fingerprint density at radius 3 is 2.05 bits per heavy atom. The lowest BCUT2D eigenvalue weighted by Gasteiger charge is -2.34. The minimum atomic E-state index is -4.15. The predicted molar refractivity (Wildman–Crippen MR) is 176 cm³/mol. The molecule has 0 aliphatic carbocycles. The number of anilines is 1. The van der Waals surface area contributed by atoms with Crippen LogP contribution in [0.3, 0.4) is 0 Å². The van der Waals surface area contributed by atoms with Crippen molar-refractivity contribution < 1.29 is 18.0 Å². The molecule has 0 spiro atoms. The van der Waals surface area contributed by atoms with E-state index >= 15 is 0 Å². The first-order valence-electron chi connectivity index (χ1n) is 14.8. The molecule has 44 heavy (non-hydrogen) atoms. The molecule has 0 radical (unpaired) electrons. The molecule has 0 aliphatic rings. The summed E-state index contributed by atoms with van der Waals surface area (Å²) < 4.78 is 29.7. The summed E-state index contributed by atoms with van der Waals surface area (Å²) in [7, 11) is -4.15. The standard InChI is InChI=1S/C36H41N3O4S/c1-6-37-36(41)34(23-30-12-8-7-9-13-30)38(24-31-14-10-11-27(3)21-31)35(40)25-39(33-22-28(4)15-18-29(33)5)44(42,43)32-19-16-26(2)17-20-32/h7-22,34H,6,23-25H2,1-5H3,(H,37,41)/t34-/m0/s1. The van der Waals surface area contributed by atoms with Crippen LogP contribution in [-0.4, -0.2) is 44.3 Å². The van der Waals surface area contributed by atoms with Crippen molar-refractivity contribution in [3.05, 3.63) is 130 Å². The monoisotopic (exact) mass is 611 g/mol. The van der Waals surface area contributed by atoms with Gasteiger partial charge in [-0.05, 0) is 75.1 Å². The summed E-state index contributed by atoms with van der Waals surface area (Å²) in [5.41, 5.74) is 5.69. The number of sulfonamides is 1. The molecule has 0 aromatic heterocycles. The molecule has 0 saturated carbocycles. The number of carbonyl (C=O) groups is 2. The highest BCUT2D eigenvalue weighted by Gasteiger charge is 2.35. The second-order valence-electron chi connectivity index (χ2n) is 11.2. The summed E-state index contributed by atoms with van der Waals surface area (Å²) in [6.45, 7) is 9.47. The van der Waals surface area contributed by atoms with Gasteiger partial charge in [0.05, 0.1) is 10.6 Å². The highest BCUT2D eigenvalue weighted by Crippen LogP contribution is 2.29. The Morgan fingerprint density at radius 1 is 0.750 bits per heavy atom. The quantitative estimate of drug-likeness (QED) is 0.216. The zero-order valence-electron chi connectivity index (χ0n) is 26.1. The Balaban J connectivity index is 1.83. The van der Waals surface area contributed by atoms with Crippen LogP contribution in [0.5, 0.6) is 0 Å². The van der Waals surface area contributed by atoms with E-state index in [1.54, 1.807) is 30.3 Å². The summed E-state index contributed by atoms with van der Waals surface area (Å²) in [4.78, 5) is 29.8. The number of nitrogens with zero attached hydrogens (tertiary/aromatic N) is 2. The van der Waals surface area contributed by atoms with Crippen LogP contribution in [-0.2, 0) is 32.6 Å². The van der Waals surface area contributed by atoms with Gasteiger partial charge in [-0.1, -0.05) is 90.0 Å². The molecule has 8 heteroatoms. The number of benzene rings is 4. The van der Waals surface area contributed by atoms with Crippen LogP contribution < -0.4 is 9.62 Å². The fourth-order valence-electron chi connectivity index (χ4n) is 5.19. The number of nitrogens with one attached hydrogen (secondary N) is 1. The van der Waals surface area contributed by atoms with E-state index in [-0.39, 0.29) is 23.8 Å². The average molecular weight is 612 g/mol. The van der Waals surface area contributed by atoms with E-state index in [0.717, 1.165) is 27.8 Å². The van der Waals surface area contributed by atoms with Gasteiger partial charge in [-0.3, -0.25) is 13.9 Å². The van der Waals surface area contributed by atoms with Crippen LogP contribution >= 0.6 is 0 Å². The van der Waals surface area contributed by atoms with E-state index in [2.05, 4.69) is 5.32 Å². The van der Waals surface area contributed by atoms with Gasteiger partial charge in [-0.15, -0.1) is 0 Å². The van der Waals surface area contributed by atoms with Crippen molar-refractivity contribution in [1.29, 1.82) is 0 Å². The topological polar surface area (TPSA) is 86.8 Å². The Hall–Kier alpha value is -4.43. The van der Waals surface area contributed by atoms with Crippen molar-refractivity contribution in [2.24, 2.45) is 0 Å². The Labute approximate surface area is 261 Å². The van der Waals surface area contributed by atoms with Gasteiger partial charge in [-0.25, -0.2) is 8.42 Å². The van der Waals surface area contributed by atoms with Gasteiger partial charge >= 0.3 is 0 Å². The second kappa shape index (κ2) is 14.4. The molecule has 0 unspecified atom stereocenters. The third-order valence-corrected chi connectivity index (χ3v) is 9.35. The molecular formula is C36H41N3O4S. The lowest BCUT2D eigenvalue weighted by molar-refractivity contribution is -0.140. The van der Waals surface area contributed by atoms with Gasteiger partial charge < -0.3 is 10.2 Å². The molecule has 1 atom stereocenters. The number of carbonyl (C=O) groups excluding carboxylic acids is 2. The number of rotatable bonds is 12. The first-order chi connectivity index (χ1) is 21.0. The molecule has 7 nitrogen and oxygen atoms in total. The molecule has 0 aliphatic heterocycles. The van der Waals surface area contributed by atoms with E-state index in [1.165, 1.54) is 9.21 Å². The number of likely N-dealkylation sites (N-methyl/N-ethyl adjacent to an activating group) is 1. The molecule has 4 aromatic rings. The van der Waals surface area contributed by atoms with E-state index in [1.807, 2.05) is 101 Å². The fraction of sp³-hybridized carbons (Fsp3) is 0.278. The maximum Gasteiger partial charge on any atom is 0.264 e. The van der Waals surface area contributed by atoms with Crippen LogP contribution in [0.4, 0.5) is 5.69 Å².